The molecule has 1 fully saturated rings. The number of pyridine rings is 1. The van der Waals surface area contributed by atoms with Crippen molar-refractivity contribution in [3.8, 4) is 17.0 Å². The lowest BCUT2D eigenvalue weighted by Crippen LogP contribution is -2.42. The van der Waals surface area contributed by atoms with Gasteiger partial charge in [0, 0.05) is 24.0 Å². The first-order valence-corrected chi connectivity index (χ1v) is 11.0. The van der Waals surface area contributed by atoms with E-state index in [9.17, 15) is 4.79 Å². The number of carbonyl (C=O) groups excluding carboxylic acids is 1. The summed E-state index contributed by atoms with van der Waals surface area (Å²) in [6.45, 7) is 8.90. The highest BCUT2D eigenvalue weighted by molar-refractivity contribution is 6.07. The van der Waals surface area contributed by atoms with Crippen LogP contribution in [-0.2, 0) is 0 Å². The van der Waals surface area contributed by atoms with Gasteiger partial charge in [-0.05, 0) is 61.1 Å². The van der Waals surface area contributed by atoms with Crippen LogP contribution in [0.1, 0.15) is 44.0 Å². The van der Waals surface area contributed by atoms with Crippen molar-refractivity contribution in [2.24, 2.45) is 11.8 Å². The van der Waals surface area contributed by atoms with E-state index in [0.29, 0.717) is 18.4 Å². The minimum absolute atomic E-state index is 0.108. The van der Waals surface area contributed by atoms with Crippen molar-refractivity contribution in [2.75, 3.05) is 19.7 Å². The van der Waals surface area contributed by atoms with Gasteiger partial charge < -0.3 is 9.64 Å². The number of carbonyl (C=O) groups is 1. The van der Waals surface area contributed by atoms with Gasteiger partial charge in [-0.15, -0.1) is 0 Å². The fraction of sp³-hybridized carbons (Fsp3) is 0.385. The van der Waals surface area contributed by atoms with Gasteiger partial charge in [0.05, 0.1) is 23.4 Å². The summed E-state index contributed by atoms with van der Waals surface area (Å²) in [4.78, 5) is 20.4. The maximum Gasteiger partial charge on any atom is 0.254 e. The standard InChI is InChI=1S/C26H30N2O2/c1-4-13-30-21-11-9-20(10-12-21)25-15-23(22-7-5-6-8-24(22)27-25)26(29)28-16-18(2)14-19(3)17-28/h5-12,15,18-19H,4,13-14,16-17H2,1-3H3/t18-,19+. The summed E-state index contributed by atoms with van der Waals surface area (Å²) in [5.41, 5.74) is 3.39. The van der Waals surface area contributed by atoms with Crippen molar-refractivity contribution in [2.45, 2.75) is 33.6 Å². The Hall–Kier alpha value is -2.88. The lowest BCUT2D eigenvalue weighted by molar-refractivity contribution is 0.0625. The quantitative estimate of drug-likeness (QED) is 0.541. The molecule has 4 heteroatoms. The molecule has 0 unspecified atom stereocenters. The number of fused-ring (bicyclic) bond motifs is 1. The van der Waals surface area contributed by atoms with Crippen molar-refractivity contribution in [3.63, 3.8) is 0 Å². The van der Waals surface area contributed by atoms with Crippen LogP contribution in [0.25, 0.3) is 22.2 Å². The van der Waals surface area contributed by atoms with Crippen molar-refractivity contribution in [1.82, 2.24) is 9.88 Å². The number of likely N-dealkylation sites (tertiary alicyclic amines) is 1. The minimum Gasteiger partial charge on any atom is -0.494 e. The second-order valence-electron chi connectivity index (χ2n) is 8.60. The predicted molar refractivity (Wildman–Crippen MR) is 122 cm³/mol. The molecular weight excluding hydrogens is 372 g/mol. The van der Waals surface area contributed by atoms with E-state index >= 15 is 0 Å². The Bertz CT molecular complexity index is 1020. The molecule has 1 saturated heterocycles. The molecule has 0 spiro atoms. The van der Waals surface area contributed by atoms with Crippen LogP contribution < -0.4 is 4.74 Å². The lowest BCUT2D eigenvalue weighted by atomic mass is 9.91. The Morgan fingerprint density at radius 2 is 1.77 bits per heavy atom. The first kappa shape index (κ1) is 20.4. The van der Waals surface area contributed by atoms with Crippen LogP contribution in [0.5, 0.6) is 5.75 Å². The lowest BCUT2D eigenvalue weighted by Gasteiger charge is -2.35. The van der Waals surface area contributed by atoms with Gasteiger partial charge in [0.1, 0.15) is 5.75 Å². The van der Waals surface area contributed by atoms with Gasteiger partial charge in [0.2, 0.25) is 0 Å². The van der Waals surface area contributed by atoms with E-state index in [1.54, 1.807) is 0 Å². The monoisotopic (exact) mass is 402 g/mol. The van der Waals surface area contributed by atoms with Crippen LogP contribution in [0.3, 0.4) is 0 Å². The third kappa shape index (κ3) is 4.33. The normalized spacial score (nSPS) is 19.1. The molecule has 2 aromatic carbocycles. The number of aromatic nitrogens is 1. The zero-order chi connectivity index (χ0) is 21.1. The number of benzene rings is 2. The Morgan fingerprint density at radius 1 is 1.07 bits per heavy atom. The summed E-state index contributed by atoms with van der Waals surface area (Å²) in [5, 5.41) is 0.917. The summed E-state index contributed by atoms with van der Waals surface area (Å²) in [7, 11) is 0. The van der Waals surface area contributed by atoms with Crippen molar-refractivity contribution >= 4 is 16.8 Å². The number of piperidine rings is 1. The maximum atomic E-state index is 13.5. The molecule has 1 aromatic heterocycles. The number of ether oxygens (including phenoxy) is 1. The van der Waals surface area contributed by atoms with E-state index in [0.717, 1.165) is 53.0 Å². The van der Waals surface area contributed by atoms with Gasteiger partial charge in [0.15, 0.2) is 0 Å². The van der Waals surface area contributed by atoms with E-state index in [4.69, 9.17) is 9.72 Å². The first-order valence-electron chi connectivity index (χ1n) is 11.0. The number of amides is 1. The molecule has 1 amide bonds. The van der Waals surface area contributed by atoms with Gasteiger partial charge in [-0.3, -0.25) is 4.79 Å². The number of hydrogen-bond acceptors (Lipinski definition) is 3. The summed E-state index contributed by atoms with van der Waals surface area (Å²) in [6.07, 6.45) is 2.16. The molecule has 156 valence electrons. The number of rotatable bonds is 5. The molecule has 4 rings (SSSR count). The molecule has 0 bridgehead atoms. The summed E-state index contributed by atoms with van der Waals surface area (Å²) in [6, 6.07) is 17.9. The number of nitrogens with zero attached hydrogens (tertiary/aromatic N) is 2. The zero-order valence-electron chi connectivity index (χ0n) is 18.1. The molecule has 3 aromatic rings. The van der Waals surface area contributed by atoms with E-state index < -0.39 is 0 Å². The average molecular weight is 403 g/mol. The third-order valence-electron chi connectivity index (χ3n) is 5.73. The Kier molecular flexibility index (Phi) is 6.03. The van der Waals surface area contributed by atoms with E-state index in [1.807, 2.05) is 59.5 Å². The van der Waals surface area contributed by atoms with Crippen molar-refractivity contribution < 1.29 is 9.53 Å². The molecule has 0 saturated carbocycles. The molecular formula is C26H30N2O2. The van der Waals surface area contributed by atoms with Crippen LogP contribution in [-0.4, -0.2) is 35.5 Å². The third-order valence-corrected chi connectivity index (χ3v) is 5.73. The molecule has 4 nitrogen and oxygen atoms in total. The fourth-order valence-corrected chi connectivity index (χ4v) is 4.44. The van der Waals surface area contributed by atoms with Crippen molar-refractivity contribution in [1.29, 1.82) is 0 Å². The molecule has 0 N–H and O–H groups in total. The second kappa shape index (κ2) is 8.86. The molecule has 1 aliphatic heterocycles. The molecule has 30 heavy (non-hydrogen) atoms. The molecule has 2 heterocycles. The average Bonchev–Trinajstić information content (AvgIpc) is 2.76. The summed E-state index contributed by atoms with van der Waals surface area (Å²) < 4.78 is 5.70. The van der Waals surface area contributed by atoms with E-state index in [2.05, 4.69) is 20.8 Å². The summed E-state index contributed by atoms with van der Waals surface area (Å²) >= 11 is 0. The maximum absolute atomic E-state index is 13.5. The van der Waals surface area contributed by atoms with E-state index in [1.165, 1.54) is 6.42 Å². The van der Waals surface area contributed by atoms with Crippen LogP contribution in [0.2, 0.25) is 0 Å². The Morgan fingerprint density at radius 3 is 2.47 bits per heavy atom. The van der Waals surface area contributed by atoms with Gasteiger partial charge >= 0.3 is 0 Å². The van der Waals surface area contributed by atoms with Gasteiger partial charge in [-0.2, -0.15) is 0 Å². The molecule has 0 radical (unpaired) electrons. The van der Waals surface area contributed by atoms with Crippen LogP contribution in [0.15, 0.2) is 54.6 Å². The van der Waals surface area contributed by atoms with Crippen LogP contribution in [0.4, 0.5) is 0 Å². The molecule has 1 aliphatic rings. The van der Waals surface area contributed by atoms with Gasteiger partial charge in [-0.25, -0.2) is 4.98 Å². The van der Waals surface area contributed by atoms with Gasteiger partial charge in [0.25, 0.3) is 5.91 Å². The molecule has 0 aliphatic carbocycles. The highest BCUT2D eigenvalue weighted by atomic mass is 16.5. The zero-order valence-corrected chi connectivity index (χ0v) is 18.1. The number of hydrogen-bond donors (Lipinski definition) is 0. The first-order chi connectivity index (χ1) is 14.5. The molecule has 2 atom stereocenters. The second-order valence-corrected chi connectivity index (χ2v) is 8.60. The fourth-order valence-electron chi connectivity index (χ4n) is 4.44. The van der Waals surface area contributed by atoms with E-state index in [-0.39, 0.29) is 5.91 Å². The Labute approximate surface area is 178 Å². The predicted octanol–water partition coefficient (Wildman–Crippen LogP) is 5.81. The highest BCUT2D eigenvalue weighted by Crippen LogP contribution is 2.29. The smallest absolute Gasteiger partial charge is 0.254 e. The topological polar surface area (TPSA) is 42.4 Å². The largest absolute Gasteiger partial charge is 0.494 e. The van der Waals surface area contributed by atoms with Gasteiger partial charge in [-0.1, -0.05) is 39.0 Å². The summed E-state index contributed by atoms with van der Waals surface area (Å²) in [5.74, 6) is 2.02. The van der Waals surface area contributed by atoms with Crippen LogP contribution in [0, 0.1) is 11.8 Å². The number of para-hydroxylation sites is 1. The Balaban J connectivity index is 1.72. The van der Waals surface area contributed by atoms with Crippen molar-refractivity contribution in [3.05, 3.63) is 60.2 Å². The minimum atomic E-state index is 0.108. The van der Waals surface area contributed by atoms with Crippen LogP contribution >= 0.6 is 0 Å². The highest BCUT2D eigenvalue weighted by Gasteiger charge is 2.27. The SMILES string of the molecule is CCCOc1ccc(-c2cc(C(=O)N3C[C@H](C)C[C@H](C)C3)c3ccccc3n2)cc1.